The summed E-state index contributed by atoms with van der Waals surface area (Å²) in [6.45, 7) is 0. The van der Waals surface area contributed by atoms with Crippen LogP contribution in [0.2, 0.25) is 0 Å². The van der Waals surface area contributed by atoms with E-state index in [2.05, 4.69) is 0 Å². The topological polar surface area (TPSA) is 74.2 Å². The molecular weight excluding hydrogens is 463 g/mol. The van der Waals surface area contributed by atoms with Crippen LogP contribution in [0, 0.1) is 0 Å². The highest BCUT2D eigenvalue weighted by atomic mass is 31.2. The lowest BCUT2D eigenvalue weighted by molar-refractivity contribution is 0.264. The van der Waals surface area contributed by atoms with E-state index in [9.17, 15) is 9.46 Å². The summed E-state index contributed by atoms with van der Waals surface area (Å²) >= 11 is 0. The molecule has 0 spiro atoms. The number of hydrogen-bond acceptors (Lipinski definition) is 5. The van der Waals surface area contributed by atoms with Gasteiger partial charge in [-0.3, -0.25) is 4.89 Å². The zero-order chi connectivity index (χ0) is 23.8. The van der Waals surface area contributed by atoms with Crippen LogP contribution in [0.1, 0.15) is 22.3 Å². The first-order valence-corrected chi connectivity index (χ1v) is 12.4. The molecule has 0 amide bonds. The third kappa shape index (κ3) is 4.21. The number of benzene rings is 4. The molecule has 0 saturated heterocycles. The van der Waals surface area contributed by atoms with Crippen molar-refractivity contribution in [1.29, 1.82) is 0 Å². The predicted octanol–water partition coefficient (Wildman–Crippen LogP) is 7.73. The standard InChI is InChI=1S/C28H19O6P/c29-35(30,33-27-17-19-9-1-5-13-23(19)31-25-15-7-3-11-21(25)27)34-28-18-20-10-2-6-14-24(20)32-26-16-8-4-12-22(26)28/h1-18H,(H,29,30). The number of ether oxygens (including phenoxy) is 2. The Morgan fingerprint density at radius 2 is 0.914 bits per heavy atom. The van der Waals surface area contributed by atoms with Gasteiger partial charge < -0.3 is 18.5 Å². The Balaban J connectivity index is 1.39. The average Bonchev–Trinajstić information content (AvgIpc) is 3.11. The molecule has 2 aliphatic rings. The molecule has 0 unspecified atom stereocenters. The summed E-state index contributed by atoms with van der Waals surface area (Å²) in [5.41, 5.74) is 2.48. The summed E-state index contributed by atoms with van der Waals surface area (Å²) in [4.78, 5) is 10.9. The maximum absolute atomic E-state index is 13.4. The molecule has 172 valence electrons. The van der Waals surface area contributed by atoms with E-state index in [-0.39, 0.29) is 11.5 Å². The van der Waals surface area contributed by atoms with Gasteiger partial charge in [0.2, 0.25) is 0 Å². The van der Waals surface area contributed by atoms with Crippen LogP contribution >= 0.6 is 7.82 Å². The van der Waals surface area contributed by atoms with Gasteiger partial charge in [0.1, 0.15) is 34.5 Å². The first-order valence-electron chi connectivity index (χ1n) is 10.9. The van der Waals surface area contributed by atoms with Gasteiger partial charge in [-0.05, 0) is 48.6 Å². The molecule has 6 rings (SSSR count). The second kappa shape index (κ2) is 8.51. The van der Waals surface area contributed by atoms with Gasteiger partial charge >= 0.3 is 7.82 Å². The van der Waals surface area contributed by atoms with Crippen molar-refractivity contribution in [3.05, 3.63) is 119 Å². The van der Waals surface area contributed by atoms with Gasteiger partial charge in [0.15, 0.2) is 0 Å². The predicted molar refractivity (Wildman–Crippen MR) is 134 cm³/mol. The van der Waals surface area contributed by atoms with E-state index in [1.165, 1.54) is 0 Å². The summed E-state index contributed by atoms with van der Waals surface area (Å²) in [5.74, 6) is 2.56. The molecule has 7 heteroatoms. The average molecular weight is 482 g/mol. The van der Waals surface area contributed by atoms with E-state index in [0.29, 0.717) is 45.3 Å². The molecule has 1 N–H and O–H groups in total. The molecule has 0 fully saturated rings. The number of fused-ring (bicyclic) bond motifs is 4. The van der Waals surface area contributed by atoms with E-state index in [1.807, 2.05) is 60.7 Å². The number of phosphoric acid groups is 1. The minimum absolute atomic E-state index is 0.163. The fraction of sp³-hybridized carbons (Fsp3) is 0. The fourth-order valence-corrected chi connectivity index (χ4v) is 4.83. The number of para-hydroxylation sites is 4. The molecule has 0 radical (unpaired) electrons. The van der Waals surface area contributed by atoms with Gasteiger partial charge in [0.05, 0.1) is 11.1 Å². The Labute approximate surface area is 201 Å². The molecule has 0 bridgehead atoms. The van der Waals surface area contributed by atoms with Gasteiger partial charge in [0, 0.05) is 11.1 Å². The van der Waals surface area contributed by atoms with E-state index in [1.54, 1.807) is 48.6 Å². The minimum atomic E-state index is -4.65. The van der Waals surface area contributed by atoms with Crippen molar-refractivity contribution in [1.82, 2.24) is 0 Å². The first kappa shape index (κ1) is 21.3. The largest absolute Gasteiger partial charge is 0.584 e. The van der Waals surface area contributed by atoms with Crippen LogP contribution in [-0.2, 0) is 13.6 Å². The summed E-state index contributed by atoms with van der Waals surface area (Å²) in [5, 5.41) is 0. The Kier molecular flexibility index (Phi) is 5.18. The second-order valence-corrected chi connectivity index (χ2v) is 9.24. The van der Waals surface area contributed by atoms with Gasteiger partial charge in [0.25, 0.3) is 0 Å². The summed E-state index contributed by atoms with van der Waals surface area (Å²) < 4.78 is 36.8. The first-order chi connectivity index (χ1) is 17.1. The third-order valence-electron chi connectivity index (χ3n) is 5.58. The normalized spacial score (nSPS) is 13.6. The zero-order valence-corrected chi connectivity index (χ0v) is 19.2. The van der Waals surface area contributed by atoms with Crippen LogP contribution in [0.3, 0.4) is 0 Å². The van der Waals surface area contributed by atoms with Crippen molar-refractivity contribution in [2.24, 2.45) is 0 Å². The summed E-state index contributed by atoms with van der Waals surface area (Å²) in [6.07, 6.45) is 3.34. The smallest absolute Gasteiger partial charge is 0.456 e. The van der Waals surface area contributed by atoms with Gasteiger partial charge in [-0.25, -0.2) is 4.57 Å². The van der Waals surface area contributed by atoms with Crippen molar-refractivity contribution in [2.45, 2.75) is 0 Å². The maximum atomic E-state index is 13.4. The highest BCUT2D eigenvalue weighted by Gasteiger charge is 2.32. The van der Waals surface area contributed by atoms with E-state index < -0.39 is 7.82 Å². The molecule has 2 aliphatic heterocycles. The number of rotatable bonds is 4. The van der Waals surface area contributed by atoms with Crippen molar-refractivity contribution in [3.63, 3.8) is 0 Å². The highest BCUT2D eigenvalue weighted by Crippen LogP contribution is 2.55. The SMILES string of the molecule is O=P(O)(OC1=Cc2ccccc2Oc2ccccc21)OC1=Cc2ccccc2Oc2ccccc21. The molecule has 4 aromatic carbocycles. The van der Waals surface area contributed by atoms with Crippen LogP contribution in [-0.4, -0.2) is 4.89 Å². The fourth-order valence-electron chi connectivity index (χ4n) is 4.00. The van der Waals surface area contributed by atoms with Gasteiger partial charge in [-0.15, -0.1) is 0 Å². The molecule has 0 aliphatic carbocycles. The molecule has 4 aromatic rings. The lowest BCUT2D eigenvalue weighted by atomic mass is 10.1. The van der Waals surface area contributed by atoms with Crippen molar-refractivity contribution in [3.8, 4) is 23.0 Å². The van der Waals surface area contributed by atoms with Crippen LogP contribution < -0.4 is 9.47 Å². The minimum Gasteiger partial charge on any atom is -0.456 e. The molecule has 6 nitrogen and oxygen atoms in total. The van der Waals surface area contributed by atoms with Crippen LogP contribution in [0.25, 0.3) is 23.7 Å². The second-order valence-electron chi connectivity index (χ2n) is 7.94. The lowest BCUT2D eigenvalue weighted by Gasteiger charge is -2.18. The highest BCUT2D eigenvalue weighted by molar-refractivity contribution is 7.48. The van der Waals surface area contributed by atoms with Crippen LogP contribution in [0.5, 0.6) is 23.0 Å². The molecule has 2 heterocycles. The molecule has 0 aromatic heterocycles. The van der Waals surface area contributed by atoms with Crippen molar-refractivity contribution < 1.29 is 28.0 Å². The Hall–Kier alpha value is -4.25. The van der Waals surface area contributed by atoms with E-state index >= 15 is 0 Å². The van der Waals surface area contributed by atoms with Crippen molar-refractivity contribution >= 4 is 31.5 Å². The Morgan fingerprint density at radius 3 is 1.37 bits per heavy atom. The quantitative estimate of drug-likeness (QED) is 0.300. The Morgan fingerprint density at radius 1 is 0.543 bits per heavy atom. The maximum Gasteiger partial charge on any atom is 0.584 e. The Bertz CT molecular complexity index is 1440. The number of hydrogen-bond donors (Lipinski definition) is 1. The molecule has 35 heavy (non-hydrogen) atoms. The van der Waals surface area contributed by atoms with E-state index in [0.717, 1.165) is 0 Å². The van der Waals surface area contributed by atoms with Crippen molar-refractivity contribution in [2.75, 3.05) is 0 Å². The van der Waals surface area contributed by atoms with Crippen LogP contribution in [0.15, 0.2) is 97.1 Å². The van der Waals surface area contributed by atoms with Gasteiger partial charge in [-0.1, -0.05) is 60.7 Å². The summed E-state index contributed by atoms with van der Waals surface area (Å²) in [7, 11) is -4.65. The molecular formula is C28H19O6P. The van der Waals surface area contributed by atoms with E-state index in [4.69, 9.17) is 18.5 Å². The number of phosphoric ester groups is 1. The molecule has 0 saturated carbocycles. The lowest BCUT2D eigenvalue weighted by Crippen LogP contribution is -1.97. The molecule has 0 atom stereocenters. The summed E-state index contributed by atoms with van der Waals surface area (Å²) in [6, 6.07) is 29.1. The van der Waals surface area contributed by atoms with Crippen LogP contribution in [0.4, 0.5) is 0 Å². The third-order valence-corrected chi connectivity index (χ3v) is 6.44. The monoisotopic (exact) mass is 482 g/mol. The van der Waals surface area contributed by atoms with Gasteiger partial charge in [-0.2, -0.15) is 0 Å². The zero-order valence-electron chi connectivity index (χ0n) is 18.3.